The zero-order valence-corrected chi connectivity index (χ0v) is 74.2. The number of rotatable bonds is 21. The summed E-state index contributed by atoms with van der Waals surface area (Å²) in [5.41, 5.74) is 14.9. The highest BCUT2D eigenvalue weighted by Crippen LogP contribution is 2.53. The summed E-state index contributed by atoms with van der Waals surface area (Å²) in [5.74, 6) is 0.454. The second-order valence-corrected chi connectivity index (χ2v) is 33.5. The van der Waals surface area contributed by atoms with Crippen LogP contribution in [0.25, 0.3) is 45.0 Å². The number of benzene rings is 2. The molecule has 12 aromatic rings. The third-order valence-electron chi connectivity index (χ3n) is 23.3. The first-order valence-corrected chi connectivity index (χ1v) is 42.9. The van der Waals surface area contributed by atoms with Gasteiger partial charge < -0.3 is 83.4 Å². The maximum absolute atomic E-state index is 15.5. The first-order chi connectivity index (χ1) is 64.6. The van der Waals surface area contributed by atoms with E-state index in [2.05, 4.69) is 160 Å². The average molecular weight is 1800 g/mol. The van der Waals surface area contributed by atoms with Crippen LogP contribution in [0.1, 0.15) is 139 Å². The molecular weight excluding hydrogens is 1700 g/mol. The van der Waals surface area contributed by atoms with Crippen LogP contribution in [0.15, 0.2) is 122 Å². The first-order valence-electron chi connectivity index (χ1n) is 44.4. The van der Waals surface area contributed by atoms with Crippen molar-refractivity contribution in [1.82, 2.24) is 101 Å². The van der Waals surface area contributed by atoms with Crippen LogP contribution in [-0.4, -0.2) is 183 Å². The van der Waals surface area contributed by atoms with Crippen molar-refractivity contribution >= 4 is 139 Å². The third kappa shape index (κ3) is 18.1. The van der Waals surface area contributed by atoms with E-state index in [4.69, 9.17) is 9.21 Å². The number of aromatic nitrogens is 16. The number of hydrogen-bond acceptors (Lipinski definition) is 28. The minimum absolute atomic E-state index is 0.0239. The molecule has 40 nitrogen and oxygen atoms in total. The second kappa shape index (κ2) is 35.9. The minimum Gasteiger partial charge on any atom is -0.368 e. The van der Waals surface area contributed by atoms with Crippen LogP contribution < -0.4 is 83.4 Å². The van der Waals surface area contributed by atoms with Crippen molar-refractivity contribution in [2.24, 2.45) is 44.7 Å². The Labute approximate surface area is 759 Å². The highest BCUT2D eigenvalue weighted by molar-refractivity contribution is 6.07. The molecule has 4 aliphatic carbocycles. The van der Waals surface area contributed by atoms with Gasteiger partial charge in [-0.25, -0.2) is 19.9 Å². The molecule has 4 saturated carbocycles. The van der Waals surface area contributed by atoms with Crippen molar-refractivity contribution < 1.29 is 51.2 Å². The van der Waals surface area contributed by atoms with Gasteiger partial charge in [0.05, 0.1) is 90.6 Å². The van der Waals surface area contributed by atoms with Crippen molar-refractivity contribution in [3.8, 4) is 45.0 Å². The Morgan fingerprint density at radius 3 is 1.23 bits per heavy atom. The molecule has 12 N–H and O–H groups in total. The maximum atomic E-state index is 15.5. The molecule has 680 valence electrons. The molecule has 0 radical (unpaired) electrons. The average Bonchev–Trinajstić information content (AvgIpc) is 1.62. The topological polar surface area (TPSA) is 468 Å². The minimum atomic E-state index is -3.57. The van der Waals surface area contributed by atoms with Gasteiger partial charge in [-0.1, -0.05) is 24.3 Å². The van der Waals surface area contributed by atoms with Gasteiger partial charge in [-0.15, -0.1) is 20.4 Å². The SMILES string of the molecule is CNC(=O)c1cnc(NC(=O)C2CC2)cc1Nc1nccc2c1N(C)Cc1cn(C)nc1-2.CNC(=O)c1nnc(NC(=O)C2CC2)cc1Nc1cccc2c1N(C)Cc1cn(C(C)C)nc1-2.CNC(=O)c1nnc(NC(=O)C2CC2)cc1Nc1nccc2c1N(C)Cc1cn(C)nc1-2.[2H]C([2H])([2H])n1cc2c(n1)-c1cccc(Nc3cc(NC(=O)C4CC4)ncc3C(=O)NC)c1N(C)C2(F)F. The van der Waals surface area contributed by atoms with E-state index in [-0.39, 0.29) is 122 Å². The van der Waals surface area contributed by atoms with Gasteiger partial charge in [0.2, 0.25) is 23.6 Å². The number of para-hydroxylation sites is 2. The standard InChI is InChI=1S/C24H28N8O2.C23H23F2N7O2.C22H24N8O2.C21H23N9O2/c1-13(2)32-12-15-11-31(4)22-16(20(15)30-32)6-5-7-17(22)26-18-10-19(27-23(33)14-8-9-14)28-29-21(18)24(34)25-3;1-26-22(34)14-10-27-18(29-21(33)12-7-8-12)9-17(14)28-16-6-4-5-13-19-15(11-31(2)30-19)23(24,25)32(3)20(13)16;1-23-22(32)15-9-25-17(27-21(31)12-4-5-12)8-16(15)26-20-19-14(6-7-24-20)18-13(10-29(19)2)11-30(3)28-18;1-22-21(32)17-14(8-15(26-27-17)25-20(31)11-4-5-11)24-19-18-13(6-7-23-19)16-12(9-29(18)2)10-30(3)28-16/h5-7,10,12-14H,8-9,11H2,1-4H3,(H,25,34)(H2,26,27,28,33);4-6,9-12H,7-8H2,1-3H3,(H,26,34)(H2,27,28,29,33);6-9,11-12H,4-5,10H2,1-3H3,(H,23,32)(H2,24,25,26,27,31);6-8,10-11H,4-5,9H2,1-3H3,(H,22,32)(H2,23,24,25,26,31)/i;2D3;;. The number of carbonyl (C=O) groups excluding carboxylic acids is 8. The first kappa shape index (κ1) is 84.2. The van der Waals surface area contributed by atoms with E-state index in [1.54, 1.807) is 67.6 Å². The fourth-order valence-corrected chi connectivity index (χ4v) is 16.0. The molecule has 0 unspecified atom stereocenters. The van der Waals surface area contributed by atoms with Crippen LogP contribution in [0.3, 0.4) is 0 Å². The van der Waals surface area contributed by atoms with Crippen molar-refractivity contribution in [3.63, 3.8) is 0 Å². The summed E-state index contributed by atoms with van der Waals surface area (Å²) < 4.78 is 59.8. The number of halogens is 2. The highest BCUT2D eigenvalue weighted by atomic mass is 19.3. The Kier molecular flexibility index (Phi) is 22.9. The molecule has 10 aromatic heterocycles. The van der Waals surface area contributed by atoms with Crippen LogP contribution >= 0.6 is 0 Å². The predicted molar refractivity (Wildman–Crippen MR) is 493 cm³/mol. The predicted octanol–water partition coefficient (Wildman–Crippen LogP) is 10.7. The molecule has 4 aliphatic heterocycles. The Hall–Kier alpha value is -15.9. The van der Waals surface area contributed by atoms with E-state index in [0.717, 1.165) is 130 Å². The smallest absolute Gasteiger partial charge is 0.356 e. The van der Waals surface area contributed by atoms with Crippen LogP contribution in [0.2, 0.25) is 0 Å². The van der Waals surface area contributed by atoms with Gasteiger partial charge in [0.1, 0.15) is 17.3 Å². The van der Waals surface area contributed by atoms with Crippen molar-refractivity contribution in [1.29, 1.82) is 0 Å². The fraction of sp³-hybridized carbons (Fsp3) is 0.333. The molecule has 8 amide bonds. The summed E-state index contributed by atoms with van der Waals surface area (Å²) in [6, 6.07) is 17.6. The molecule has 20 rings (SSSR count). The molecule has 0 saturated heterocycles. The molecule has 0 bridgehead atoms. The fourth-order valence-electron chi connectivity index (χ4n) is 16.0. The lowest BCUT2D eigenvalue weighted by molar-refractivity contribution is -0.118. The molecule has 132 heavy (non-hydrogen) atoms. The van der Waals surface area contributed by atoms with Crippen LogP contribution in [-0.2, 0) is 65.9 Å². The monoisotopic (exact) mass is 1800 g/mol. The molecular formula is C90H98F2N32O8. The molecule has 14 heterocycles. The van der Waals surface area contributed by atoms with Gasteiger partial charge in [-0.3, -0.25) is 57.1 Å². The summed E-state index contributed by atoms with van der Waals surface area (Å²) in [6.07, 6.45) is 20.0. The molecule has 0 atom stereocenters. The van der Waals surface area contributed by atoms with Gasteiger partial charge in [0.25, 0.3) is 23.6 Å². The lowest BCUT2D eigenvalue weighted by atomic mass is 9.97. The summed E-state index contributed by atoms with van der Waals surface area (Å²) >= 11 is 0. The Balaban J connectivity index is 0.000000125. The van der Waals surface area contributed by atoms with Gasteiger partial charge >= 0.3 is 6.05 Å². The van der Waals surface area contributed by atoms with Crippen molar-refractivity contribution in [2.45, 2.75) is 96.9 Å². The third-order valence-corrected chi connectivity index (χ3v) is 23.3. The quantitative estimate of drug-likeness (QED) is 0.0297. The summed E-state index contributed by atoms with van der Waals surface area (Å²) in [5, 5.41) is 68.6. The van der Waals surface area contributed by atoms with Crippen LogP contribution in [0, 0.1) is 23.7 Å². The van der Waals surface area contributed by atoms with E-state index in [0.29, 0.717) is 70.2 Å². The molecule has 42 heteroatoms. The number of pyridine rings is 4. The summed E-state index contributed by atoms with van der Waals surface area (Å²) in [7, 11) is 17.1. The zero-order valence-electron chi connectivity index (χ0n) is 77.2. The van der Waals surface area contributed by atoms with Crippen LogP contribution in [0.5, 0.6) is 0 Å². The summed E-state index contributed by atoms with van der Waals surface area (Å²) in [4.78, 5) is 123. The molecule has 0 spiro atoms. The Morgan fingerprint density at radius 1 is 0.409 bits per heavy atom. The van der Waals surface area contributed by atoms with E-state index in [9.17, 15) is 38.4 Å². The van der Waals surface area contributed by atoms with Crippen molar-refractivity contribution in [3.05, 3.63) is 167 Å². The van der Waals surface area contributed by atoms with Gasteiger partial charge in [-0.05, 0) is 89.5 Å². The summed E-state index contributed by atoms with van der Waals surface area (Å²) in [6.45, 7) is 3.57. The van der Waals surface area contributed by atoms with Gasteiger partial charge in [0, 0.05) is 244 Å². The largest absolute Gasteiger partial charge is 0.368 e. The maximum Gasteiger partial charge on any atom is 0.356 e. The van der Waals surface area contributed by atoms with E-state index in [1.807, 2.05) is 81.3 Å². The molecule has 8 aliphatic rings. The Morgan fingerprint density at radius 2 is 0.788 bits per heavy atom. The Bertz CT molecular complexity index is 6560. The van der Waals surface area contributed by atoms with E-state index >= 15 is 8.78 Å². The number of amides is 8. The van der Waals surface area contributed by atoms with Crippen molar-refractivity contribution in [2.75, 3.05) is 119 Å². The van der Waals surface area contributed by atoms with Gasteiger partial charge in [0.15, 0.2) is 34.7 Å². The van der Waals surface area contributed by atoms with E-state index in [1.165, 1.54) is 45.2 Å². The molecule has 2 aromatic carbocycles. The second-order valence-electron chi connectivity index (χ2n) is 33.5. The number of carbonyl (C=O) groups is 8. The number of alkyl halides is 2. The lowest BCUT2D eigenvalue weighted by Gasteiger charge is -2.36. The number of hydrogen-bond donors (Lipinski definition) is 12. The highest BCUT2D eigenvalue weighted by Gasteiger charge is 2.48. The number of aryl methyl sites for hydroxylation is 3. The van der Waals surface area contributed by atoms with Gasteiger partial charge in [-0.2, -0.15) is 29.2 Å². The van der Waals surface area contributed by atoms with E-state index < -0.39 is 30.4 Å². The molecule has 4 fully saturated rings. The number of anilines is 16. The normalized spacial score (nSPS) is 15.2. The lowest BCUT2D eigenvalue weighted by Crippen LogP contribution is -2.39. The van der Waals surface area contributed by atoms with Crippen LogP contribution in [0.4, 0.5) is 101 Å². The number of nitrogens with zero attached hydrogens (tertiary/aromatic N) is 20. The zero-order chi connectivity index (χ0) is 95.5. The number of fused-ring (bicyclic) bond motifs is 12. The number of nitrogens with one attached hydrogen (secondary N) is 12.